The van der Waals surface area contributed by atoms with Gasteiger partial charge in [-0.25, -0.2) is 0 Å². The van der Waals surface area contributed by atoms with Crippen LogP contribution in [-0.2, 0) is 51.5 Å². The Morgan fingerprint density at radius 3 is 1.19 bits per heavy atom. The third kappa shape index (κ3) is 6.54. The molecule has 0 radical (unpaired) electrons. The molecule has 0 atom stereocenters. The second-order valence-electron chi connectivity index (χ2n) is 4.20. The molecule has 12 nitrogen and oxygen atoms in total. The minimum absolute atomic E-state index is 0.586. The van der Waals surface area contributed by atoms with Gasteiger partial charge in [0.05, 0.1) is 0 Å². The topological polar surface area (TPSA) is 158 Å². The minimum atomic E-state index is -3.42. The Kier molecular flexibility index (Phi) is 6.71. The van der Waals surface area contributed by atoms with Crippen LogP contribution in [0.15, 0.2) is 36.5 Å². The molecule has 26 heavy (non-hydrogen) atoms. The van der Waals surface area contributed by atoms with Crippen molar-refractivity contribution in [3.63, 3.8) is 0 Å². The Labute approximate surface area is 154 Å². The molecule has 2 heterocycles. The highest BCUT2D eigenvalue weighted by Gasteiger charge is 2.50. The van der Waals surface area contributed by atoms with Crippen molar-refractivity contribution in [1.82, 2.24) is 0 Å². The average Bonchev–Trinajstić information content (AvgIpc) is 2.81. The van der Waals surface area contributed by atoms with Gasteiger partial charge in [0.25, 0.3) is 35.8 Å². The third-order valence-corrected chi connectivity index (χ3v) is 4.89. The maximum Gasteiger partial charge on any atom is 1.20 e. The molecule has 132 valence electrons. The van der Waals surface area contributed by atoms with Crippen molar-refractivity contribution in [2.24, 2.45) is 0 Å². The lowest BCUT2D eigenvalue weighted by atomic mass is 10.5. The summed E-state index contributed by atoms with van der Waals surface area (Å²) in [7, 11) is 0. The Hall–Kier alpha value is -2.90. The summed E-state index contributed by atoms with van der Waals surface area (Å²) in [6.45, 7) is 0. The molecule has 2 rings (SSSR count). The van der Waals surface area contributed by atoms with Crippen LogP contribution in [0.3, 0.4) is 0 Å². The SMILES string of the molecule is O=C1C=CC(=O)[O][Al]([O]C(=O)/C=C\C(=O)[O][Al]2[O]C(=O)C=CC(=O)[O]2)[O]1. The molecular formula is C12H6Al2O12. The standard InChI is InChI=1S/3C4H4O4.2Al/c3*5-3(6)1-2-4(7)8;;/h3*1-2H,(H,5,6)(H,7,8);;/q;;;2*+3/p-6/b2-1-;;;;. The Balaban J connectivity index is 1.84. The van der Waals surface area contributed by atoms with Crippen LogP contribution >= 0.6 is 0 Å². The molecule has 0 N–H and O–H groups in total. The first kappa shape index (κ1) is 19.4. The lowest BCUT2D eigenvalue weighted by Crippen LogP contribution is -2.32. The molecule has 0 fully saturated rings. The quantitative estimate of drug-likeness (QED) is 0.377. The lowest BCUT2D eigenvalue weighted by molar-refractivity contribution is -0.144. The van der Waals surface area contributed by atoms with Gasteiger partial charge in [0.1, 0.15) is 0 Å². The van der Waals surface area contributed by atoms with Crippen LogP contribution in [0.2, 0.25) is 0 Å². The molecule has 2 aliphatic rings. The molecular weight excluding hydrogens is 390 g/mol. The number of carbonyl (C=O) groups is 6. The van der Waals surface area contributed by atoms with Crippen molar-refractivity contribution < 1.29 is 51.5 Å². The van der Waals surface area contributed by atoms with Crippen LogP contribution < -0.4 is 0 Å². The van der Waals surface area contributed by atoms with Gasteiger partial charge in [-0.05, 0) is 0 Å². The summed E-state index contributed by atoms with van der Waals surface area (Å²) in [5, 5.41) is 0. The monoisotopic (exact) mass is 396 g/mol. The van der Waals surface area contributed by atoms with Gasteiger partial charge in [0.2, 0.25) is 0 Å². The molecule has 0 saturated carbocycles. The van der Waals surface area contributed by atoms with Crippen LogP contribution in [-0.4, -0.2) is 66.1 Å². The van der Waals surface area contributed by atoms with Gasteiger partial charge < -0.3 is 22.7 Å². The zero-order valence-electron chi connectivity index (χ0n) is 12.5. The highest BCUT2D eigenvalue weighted by molar-refractivity contribution is 6.46. The molecule has 2 aliphatic heterocycles. The second kappa shape index (κ2) is 8.98. The molecule has 0 aromatic heterocycles. The smallest absolute Gasteiger partial charge is 0.547 e. The van der Waals surface area contributed by atoms with Gasteiger partial charge in [0.15, 0.2) is 0 Å². The second-order valence-corrected chi connectivity index (χ2v) is 6.77. The summed E-state index contributed by atoms with van der Waals surface area (Å²) >= 11 is -6.84. The fourth-order valence-electron chi connectivity index (χ4n) is 1.36. The van der Waals surface area contributed by atoms with E-state index in [4.69, 9.17) is 0 Å². The van der Waals surface area contributed by atoms with Gasteiger partial charge in [-0.2, -0.15) is 0 Å². The summed E-state index contributed by atoms with van der Waals surface area (Å²) in [6.07, 6.45) is 4.36. The van der Waals surface area contributed by atoms with E-state index in [-0.39, 0.29) is 0 Å². The number of rotatable bonds is 4. The van der Waals surface area contributed by atoms with Gasteiger partial charge in [-0.3, -0.25) is 28.8 Å². The molecule has 0 spiro atoms. The summed E-state index contributed by atoms with van der Waals surface area (Å²) < 4.78 is 27.6. The number of hydrogen-bond acceptors (Lipinski definition) is 12. The zero-order chi connectivity index (χ0) is 19.1. The van der Waals surface area contributed by atoms with Crippen molar-refractivity contribution in [3.05, 3.63) is 36.5 Å². The van der Waals surface area contributed by atoms with Crippen LogP contribution in [0.25, 0.3) is 0 Å². The van der Waals surface area contributed by atoms with E-state index in [9.17, 15) is 28.8 Å². The normalized spacial score (nSPS) is 16.9. The van der Waals surface area contributed by atoms with Crippen molar-refractivity contribution >= 4 is 66.1 Å². The molecule has 0 aromatic carbocycles. The highest BCUT2D eigenvalue weighted by Crippen LogP contribution is 2.04. The van der Waals surface area contributed by atoms with Crippen molar-refractivity contribution in [3.8, 4) is 0 Å². The molecule has 0 amide bonds. The number of hydrogen-bond donors (Lipinski definition) is 0. The van der Waals surface area contributed by atoms with Crippen molar-refractivity contribution in [1.29, 1.82) is 0 Å². The predicted octanol–water partition coefficient (Wildman–Crippen LogP) is -2.09. The first-order valence-corrected chi connectivity index (χ1v) is 9.42. The van der Waals surface area contributed by atoms with Gasteiger partial charge in [0, 0.05) is 36.5 Å². The molecule has 0 bridgehead atoms. The average molecular weight is 396 g/mol. The number of carbonyl (C=O) groups excluding carboxylic acids is 6. The van der Waals surface area contributed by atoms with Crippen LogP contribution in [0, 0.1) is 0 Å². The van der Waals surface area contributed by atoms with Crippen molar-refractivity contribution in [2.75, 3.05) is 0 Å². The summed E-state index contributed by atoms with van der Waals surface area (Å²) in [6, 6.07) is 0. The maximum atomic E-state index is 11.5. The van der Waals surface area contributed by atoms with E-state index in [0.717, 1.165) is 24.3 Å². The van der Waals surface area contributed by atoms with Crippen LogP contribution in [0.4, 0.5) is 0 Å². The van der Waals surface area contributed by atoms with Crippen molar-refractivity contribution in [2.45, 2.75) is 0 Å². The molecule has 0 aromatic rings. The third-order valence-electron chi connectivity index (χ3n) is 2.34. The van der Waals surface area contributed by atoms with Crippen LogP contribution in [0.1, 0.15) is 0 Å². The van der Waals surface area contributed by atoms with E-state index >= 15 is 0 Å². The van der Waals surface area contributed by atoms with E-state index in [2.05, 4.69) is 22.7 Å². The van der Waals surface area contributed by atoms with E-state index in [1.165, 1.54) is 0 Å². The fourth-order valence-corrected chi connectivity index (χ4v) is 3.26. The molecule has 0 saturated heterocycles. The highest BCUT2D eigenvalue weighted by atomic mass is 27.3. The van der Waals surface area contributed by atoms with E-state index < -0.39 is 66.1 Å². The van der Waals surface area contributed by atoms with E-state index in [0.29, 0.717) is 12.2 Å². The van der Waals surface area contributed by atoms with Gasteiger partial charge in [-0.15, -0.1) is 0 Å². The van der Waals surface area contributed by atoms with E-state index in [1.807, 2.05) is 0 Å². The molecule has 14 heteroatoms. The minimum Gasteiger partial charge on any atom is -0.547 e. The summed E-state index contributed by atoms with van der Waals surface area (Å²) in [4.78, 5) is 67.5. The molecule has 0 aliphatic carbocycles. The Morgan fingerprint density at radius 2 is 0.923 bits per heavy atom. The van der Waals surface area contributed by atoms with Gasteiger partial charge >= 0.3 is 30.3 Å². The zero-order valence-corrected chi connectivity index (χ0v) is 14.8. The summed E-state index contributed by atoms with van der Waals surface area (Å²) in [5.74, 6) is -6.06. The molecule has 0 unspecified atom stereocenters. The lowest BCUT2D eigenvalue weighted by Gasteiger charge is -2.08. The van der Waals surface area contributed by atoms with Gasteiger partial charge in [-0.1, -0.05) is 0 Å². The summed E-state index contributed by atoms with van der Waals surface area (Å²) in [5.41, 5.74) is 0. The first-order valence-electron chi connectivity index (χ1n) is 6.60. The van der Waals surface area contributed by atoms with E-state index in [1.54, 1.807) is 0 Å². The predicted molar refractivity (Wildman–Crippen MR) is 75.5 cm³/mol. The Bertz CT molecular complexity index is 649. The maximum absolute atomic E-state index is 11.5. The first-order chi connectivity index (χ1) is 12.3. The fraction of sp³-hybridized carbons (Fsp3) is 0. The largest absolute Gasteiger partial charge is 1.20 e. The van der Waals surface area contributed by atoms with Crippen LogP contribution in [0.5, 0.6) is 0 Å². The Morgan fingerprint density at radius 1 is 0.654 bits per heavy atom.